The summed E-state index contributed by atoms with van der Waals surface area (Å²) in [7, 11) is 0. The van der Waals surface area contributed by atoms with Crippen LogP contribution in [0.5, 0.6) is 0 Å². The molecule has 0 aromatic carbocycles. The van der Waals surface area contributed by atoms with E-state index >= 15 is 0 Å². The van der Waals surface area contributed by atoms with E-state index in [2.05, 4.69) is 10.2 Å². The second kappa shape index (κ2) is 7.20. The highest BCUT2D eigenvalue weighted by Crippen LogP contribution is 2.36. The van der Waals surface area contributed by atoms with E-state index in [1.54, 1.807) is 0 Å². The van der Waals surface area contributed by atoms with Gasteiger partial charge in [-0.1, -0.05) is 25.7 Å². The summed E-state index contributed by atoms with van der Waals surface area (Å²) in [5.41, 5.74) is -0.636. The van der Waals surface area contributed by atoms with Gasteiger partial charge in [-0.2, -0.15) is 0 Å². The molecule has 0 radical (unpaired) electrons. The molecule has 4 aliphatic rings. The third-order valence-corrected chi connectivity index (χ3v) is 7.04. The van der Waals surface area contributed by atoms with Crippen LogP contribution < -0.4 is 5.32 Å². The third kappa shape index (κ3) is 3.12. The summed E-state index contributed by atoms with van der Waals surface area (Å²) in [6.07, 6.45) is 11.8. The van der Waals surface area contributed by atoms with E-state index in [9.17, 15) is 14.4 Å². The molecule has 6 heteroatoms. The number of urea groups is 1. The number of nitrogens with one attached hydrogen (secondary N) is 1. The van der Waals surface area contributed by atoms with E-state index in [0.717, 1.165) is 45.1 Å². The number of likely N-dealkylation sites (tertiary alicyclic amines) is 1. The standard InChI is InChI=1S/C20H31N3O3/c24-17(22-13-5-8-15-7-1-2-9-16(15)22)10-6-14-23-18(25)20(21-19(23)26)11-3-4-12-20/h15-16H,1-14H2,(H,21,26). The molecule has 26 heavy (non-hydrogen) atoms. The Labute approximate surface area is 155 Å². The maximum absolute atomic E-state index is 12.8. The molecule has 2 aliphatic carbocycles. The summed E-state index contributed by atoms with van der Waals surface area (Å²) in [5, 5.41) is 2.91. The van der Waals surface area contributed by atoms with E-state index < -0.39 is 5.54 Å². The maximum atomic E-state index is 12.8. The number of carbonyl (C=O) groups is 3. The Morgan fingerprint density at radius 3 is 2.58 bits per heavy atom. The number of hydrogen-bond acceptors (Lipinski definition) is 3. The van der Waals surface area contributed by atoms with Crippen molar-refractivity contribution in [3.63, 3.8) is 0 Å². The lowest BCUT2D eigenvalue weighted by Crippen LogP contribution is -2.49. The summed E-state index contributed by atoms with van der Waals surface area (Å²) >= 11 is 0. The monoisotopic (exact) mass is 361 g/mol. The van der Waals surface area contributed by atoms with Gasteiger partial charge in [0.1, 0.15) is 5.54 Å². The fraction of sp³-hybridized carbons (Fsp3) is 0.850. The van der Waals surface area contributed by atoms with Crippen molar-refractivity contribution < 1.29 is 14.4 Å². The predicted molar refractivity (Wildman–Crippen MR) is 97.4 cm³/mol. The Kier molecular flexibility index (Phi) is 4.93. The van der Waals surface area contributed by atoms with E-state index in [-0.39, 0.29) is 17.8 Å². The Balaban J connectivity index is 1.29. The average Bonchev–Trinajstić information content (AvgIpc) is 3.21. The van der Waals surface area contributed by atoms with Crippen LogP contribution in [0.1, 0.15) is 77.0 Å². The SMILES string of the molecule is O=C1NC2(CCCC2)C(=O)N1CCCC(=O)N1CCCC2CCCCC21. The molecule has 2 atom stereocenters. The van der Waals surface area contributed by atoms with Crippen LogP contribution in [-0.4, -0.2) is 52.3 Å². The summed E-state index contributed by atoms with van der Waals surface area (Å²) in [4.78, 5) is 41.1. The van der Waals surface area contributed by atoms with Gasteiger partial charge in [-0.25, -0.2) is 4.79 Å². The Bertz CT molecular complexity index is 583. The second-order valence-corrected chi connectivity index (χ2v) is 8.62. The van der Waals surface area contributed by atoms with Gasteiger partial charge in [-0.15, -0.1) is 0 Å². The maximum Gasteiger partial charge on any atom is 0.325 e. The smallest absolute Gasteiger partial charge is 0.325 e. The largest absolute Gasteiger partial charge is 0.339 e. The highest BCUT2D eigenvalue weighted by molar-refractivity contribution is 6.07. The van der Waals surface area contributed by atoms with Crippen LogP contribution in [0.2, 0.25) is 0 Å². The Hall–Kier alpha value is -1.59. The first-order chi connectivity index (χ1) is 12.6. The molecule has 0 aromatic heterocycles. The number of rotatable bonds is 4. The lowest BCUT2D eigenvalue weighted by atomic mass is 9.78. The average molecular weight is 361 g/mol. The van der Waals surface area contributed by atoms with Crippen LogP contribution in [0.4, 0.5) is 4.79 Å². The van der Waals surface area contributed by atoms with Crippen molar-refractivity contribution in [1.29, 1.82) is 0 Å². The zero-order chi connectivity index (χ0) is 18.1. The van der Waals surface area contributed by atoms with E-state index in [0.29, 0.717) is 31.3 Å². The van der Waals surface area contributed by atoms with Crippen molar-refractivity contribution in [2.75, 3.05) is 13.1 Å². The lowest BCUT2D eigenvalue weighted by Gasteiger charge is -2.44. The Morgan fingerprint density at radius 1 is 1.04 bits per heavy atom. The van der Waals surface area contributed by atoms with Gasteiger partial charge in [0.25, 0.3) is 5.91 Å². The van der Waals surface area contributed by atoms with Crippen LogP contribution in [0.25, 0.3) is 0 Å². The molecule has 4 amide bonds. The van der Waals surface area contributed by atoms with Crippen molar-refractivity contribution in [2.45, 2.75) is 88.6 Å². The first kappa shape index (κ1) is 17.8. The van der Waals surface area contributed by atoms with E-state index in [1.165, 1.54) is 30.6 Å². The zero-order valence-corrected chi connectivity index (χ0v) is 15.7. The molecule has 2 saturated carbocycles. The predicted octanol–water partition coefficient (Wildman–Crippen LogP) is 2.81. The quantitative estimate of drug-likeness (QED) is 0.783. The number of nitrogens with zero attached hydrogens (tertiary/aromatic N) is 2. The van der Waals surface area contributed by atoms with E-state index in [4.69, 9.17) is 0 Å². The van der Waals surface area contributed by atoms with Gasteiger partial charge in [0.2, 0.25) is 5.91 Å². The minimum absolute atomic E-state index is 0.0715. The number of carbonyl (C=O) groups excluding carboxylic acids is 3. The highest BCUT2D eigenvalue weighted by Gasteiger charge is 2.52. The van der Waals surface area contributed by atoms with Gasteiger partial charge in [-0.3, -0.25) is 14.5 Å². The number of hydrogen-bond donors (Lipinski definition) is 1. The molecule has 2 aliphatic heterocycles. The molecule has 1 N–H and O–H groups in total. The number of piperidine rings is 1. The van der Waals surface area contributed by atoms with Gasteiger partial charge in [-0.05, 0) is 50.9 Å². The molecule has 144 valence electrons. The van der Waals surface area contributed by atoms with Crippen LogP contribution >= 0.6 is 0 Å². The summed E-state index contributed by atoms with van der Waals surface area (Å²) in [6.45, 7) is 1.24. The third-order valence-electron chi connectivity index (χ3n) is 7.04. The molecule has 4 rings (SSSR count). The molecule has 4 fully saturated rings. The first-order valence-corrected chi connectivity index (χ1v) is 10.5. The number of imide groups is 1. The molecule has 0 aromatic rings. The van der Waals surface area contributed by atoms with Crippen molar-refractivity contribution in [3.8, 4) is 0 Å². The number of fused-ring (bicyclic) bond motifs is 1. The van der Waals surface area contributed by atoms with Crippen LogP contribution in [0.15, 0.2) is 0 Å². The Morgan fingerprint density at radius 2 is 1.77 bits per heavy atom. The molecule has 2 saturated heterocycles. The van der Waals surface area contributed by atoms with Gasteiger partial charge >= 0.3 is 6.03 Å². The topological polar surface area (TPSA) is 69.7 Å². The van der Waals surface area contributed by atoms with Crippen LogP contribution in [0, 0.1) is 5.92 Å². The molecule has 6 nitrogen and oxygen atoms in total. The molecule has 2 unspecified atom stereocenters. The lowest BCUT2D eigenvalue weighted by molar-refractivity contribution is -0.138. The van der Waals surface area contributed by atoms with E-state index in [1.807, 2.05) is 0 Å². The minimum atomic E-state index is -0.636. The van der Waals surface area contributed by atoms with Gasteiger partial charge in [0.05, 0.1) is 0 Å². The first-order valence-electron chi connectivity index (χ1n) is 10.5. The minimum Gasteiger partial charge on any atom is -0.339 e. The molecule has 0 bridgehead atoms. The molecular weight excluding hydrogens is 330 g/mol. The van der Waals surface area contributed by atoms with Crippen molar-refractivity contribution >= 4 is 17.8 Å². The fourth-order valence-corrected chi connectivity index (χ4v) is 5.66. The second-order valence-electron chi connectivity index (χ2n) is 8.62. The highest BCUT2D eigenvalue weighted by atomic mass is 16.2. The summed E-state index contributed by atoms with van der Waals surface area (Å²) in [5.74, 6) is 0.830. The fourth-order valence-electron chi connectivity index (χ4n) is 5.66. The zero-order valence-electron chi connectivity index (χ0n) is 15.7. The van der Waals surface area contributed by atoms with Crippen molar-refractivity contribution in [2.24, 2.45) is 5.92 Å². The van der Waals surface area contributed by atoms with Gasteiger partial charge in [0.15, 0.2) is 0 Å². The van der Waals surface area contributed by atoms with Gasteiger partial charge < -0.3 is 10.2 Å². The summed E-state index contributed by atoms with van der Waals surface area (Å²) in [6, 6.07) is 0.165. The van der Waals surface area contributed by atoms with Crippen LogP contribution in [-0.2, 0) is 9.59 Å². The summed E-state index contributed by atoms with van der Waals surface area (Å²) < 4.78 is 0. The number of amides is 4. The van der Waals surface area contributed by atoms with Gasteiger partial charge in [0, 0.05) is 25.6 Å². The molecular formula is C20H31N3O3. The van der Waals surface area contributed by atoms with Crippen LogP contribution in [0.3, 0.4) is 0 Å². The van der Waals surface area contributed by atoms with Crippen molar-refractivity contribution in [3.05, 3.63) is 0 Å². The molecule has 2 heterocycles. The van der Waals surface area contributed by atoms with Crippen molar-refractivity contribution in [1.82, 2.24) is 15.1 Å². The molecule has 1 spiro atoms. The normalized spacial score (nSPS) is 30.6.